The van der Waals surface area contributed by atoms with E-state index in [9.17, 15) is 0 Å². The van der Waals surface area contributed by atoms with E-state index in [2.05, 4.69) is 26.8 Å². The van der Waals surface area contributed by atoms with Crippen LogP contribution >= 0.6 is 0 Å². The Labute approximate surface area is 80.6 Å². The molecular weight excluding hydrogens is 180 g/mol. The van der Waals surface area contributed by atoms with Crippen LogP contribution in [-0.4, -0.2) is 8.32 Å². The van der Waals surface area contributed by atoms with E-state index >= 15 is 0 Å². The van der Waals surface area contributed by atoms with Crippen LogP contribution < -0.4 is 9.16 Å². The molecular formula is C10H15O2Si. The predicted octanol–water partition coefficient (Wildman–Crippen LogP) is 3.07. The van der Waals surface area contributed by atoms with Gasteiger partial charge < -0.3 is 9.16 Å². The summed E-state index contributed by atoms with van der Waals surface area (Å²) in [4.78, 5) is 0. The van der Waals surface area contributed by atoms with Gasteiger partial charge in [0.15, 0.2) is 0 Å². The first-order chi connectivity index (χ1) is 6.01. The highest BCUT2D eigenvalue weighted by molar-refractivity contribution is 6.70. The van der Waals surface area contributed by atoms with E-state index in [4.69, 9.17) is 9.16 Å². The van der Waals surface area contributed by atoms with Gasteiger partial charge in [0, 0.05) is 0 Å². The van der Waals surface area contributed by atoms with Crippen LogP contribution in [0.25, 0.3) is 0 Å². The highest BCUT2D eigenvalue weighted by Crippen LogP contribution is 2.20. The van der Waals surface area contributed by atoms with Gasteiger partial charge in [0.1, 0.15) is 18.6 Å². The summed E-state index contributed by atoms with van der Waals surface area (Å²) >= 11 is 0. The molecule has 3 heteroatoms. The predicted molar refractivity (Wildman–Crippen MR) is 56.4 cm³/mol. The highest BCUT2D eigenvalue weighted by atomic mass is 28.4. The lowest BCUT2D eigenvalue weighted by atomic mass is 10.3. The Morgan fingerprint density at radius 1 is 1.00 bits per heavy atom. The van der Waals surface area contributed by atoms with Crippen LogP contribution in [0.3, 0.4) is 0 Å². The first kappa shape index (κ1) is 10.1. The standard InChI is InChI=1S/C10H15O2Si/c1-11-9-5-7-10(8-6-9)12-13(2,3)4/h5-8H,1H2,2-4H3. The van der Waals surface area contributed by atoms with Crippen LogP contribution in [0, 0.1) is 7.11 Å². The van der Waals surface area contributed by atoms with Gasteiger partial charge in [0.2, 0.25) is 8.32 Å². The van der Waals surface area contributed by atoms with Crippen LogP contribution in [0.5, 0.6) is 11.5 Å². The molecule has 0 bridgehead atoms. The molecule has 0 atom stereocenters. The second-order valence-electron chi connectivity index (χ2n) is 3.83. The average Bonchev–Trinajstić information content (AvgIpc) is 2.03. The van der Waals surface area contributed by atoms with Crippen molar-refractivity contribution in [2.45, 2.75) is 19.6 Å². The van der Waals surface area contributed by atoms with Crippen molar-refractivity contribution in [2.75, 3.05) is 0 Å². The third kappa shape index (κ3) is 3.50. The fourth-order valence-electron chi connectivity index (χ4n) is 0.957. The van der Waals surface area contributed by atoms with Crippen molar-refractivity contribution in [1.29, 1.82) is 0 Å². The van der Waals surface area contributed by atoms with Gasteiger partial charge in [-0.2, -0.15) is 0 Å². The van der Waals surface area contributed by atoms with Crippen molar-refractivity contribution in [3.8, 4) is 11.5 Å². The smallest absolute Gasteiger partial charge is 0.242 e. The van der Waals surface area contributed by atoms with Crippen molar-refractivity contribution in [3.63, 3.8) is 0 Å². The Balaban J connectivity index is 2.70. The summed E-state index contributed by atoms with van der Waals surface area (Å²) in [7, 11) is 1.85. The minimum absolute atomic E-state index is 0.753. The van der Waals surface area contributed by atoms with Crippen molar-refractivity contribution in [1.82, 2.24) is 0 Å². The second kappa shape index (κ2) is 3.83. The van der Waals surface area contributed by atoms with E-state index in [1.54, 1.807) is 0 Å². The maximum Gasteiger partial charge on any atom is 0.242 e. The van der Waals surface area contributed by atoms with Crippen LogP contribution in [-0.2, 0) is 0 Å². The molecule has 0 fully saturated rings. The third-order valence-electron chi connectivity index (χ3n) is 1.41. The SMILES string of the molecule is [CH2]Oc1ccc(O[Si](C)(C)C)cc1. The Morgan fingerprint density at radius 2 is 1.46 bits per heavy atom. The zero-order valence-corrected chi connectivity index (χ0v) is 9.33. The maximum atomic E-state index is 5.76. The number of benzene rings is 1. The third-order valence-corrected chi connectivity index (χ3v) is 2.26. The minimum Gasteiger partial charge on any atom is -0.544 e. The largest absolute Gasteiger partial charge is 0.544 e. The van der Waals surface area contributed by atoms with E-state index in [1.165, 1.54) is 0 Å². The molecule has 1 radical (unpaired) electrons. The van der Waals surface area contributed by atoms with Gasteiger partial charge in [0.25, 0.3) is 0 Å². The molecule has 0 saturated heterocycles. The summed E-state index contributed by atoms with van der Waals surface area (Å²) in [6.07, 6.45) is 0. The molecule has 2 nitrogen and oxygen atoms in total. The quantitative estimate of drug-likeness (QED) is 0.690. The molecule has 0 unspecified atom stereocenters. The van der Waals surface area contributed by atoms with E-state index in [1.807, 2.05) is 24.3 Å². The minimum atomic E-state index is -1.48. The molecule has 0 amide bonds. The number of ether oxygens (including phenoxy) is 1. The van der Waals surface area contributed by atoms with E-state index in [0.717, 1.165) is 11.5 Å². The van der Waals surface area contributed by atoms with Crippen LogP contribution in [0.4, 0.5) is 0 Å². The van der Waals surface area contributed by atoms with Crippen LogP contribution in [0.15, 0.2) is 24.3 Å². The summed E-state index contributed by atoms with van der Waals surface area (Å²) in [5.41, 5.74) is 0. The monoisotopic (exact) mass is 195 g/mol. The molecule has 0 saturated carbocycles. The first-order valence-corrected chi connectivity index (χ1v) is 7.63. The maximum absolute atomic E-state index is 5.76. The molecule has 1 rings (SSSR count). The van der Waals surface area contributed by atoms with Gasteiger partial charge >= 0.3 is 0 Å². The molecule has 71 valence electrons. The van der Waals surface area contributed by atoms with Crippen LogP contribution in [0.1, 0.15) is 0 Å². The first-order valence-electron chi connectivity index (χ1n) is 4.22. The summed E-state index contributed by atoms with van der Waals surface area (Å²) in [5, 5.41) is 0. The zero-order valence-electron chi connectivity index (χ0n) is 8.33. The summed E-state index contributed by atoms with van der Waals surface area (Å²) in [6, 6.07) is 7.50. The molecule has 0 aliphatic carbocycles. The van der Waals surface area contributed by atoms with E-state index in [0.29, 0.717) is 0 Å². The Hall–Kier alpha value is -0.963. The number of hydrogen-bond donors (Lipinski definition) is 0. The Morgan fingerprint density at radius 3 is 1.85 bits per heavy atom. The summed E-state index contributed by atoms with van der Waals surface area (Å²) in [5.74, 6) is 1.66. The summed E-state index contributed by atoms with van der Waals surface area (Å²) in [6.45, 7) is 6.45. The van der Waals surface area contributed by atoms with Gasteiger partial charge in [-0.1, -0.05) is 0 Å². The lowest BCUT2D eigenvalue weighted by Crippen LogP contribution is -2.29. The topological polar surface area (TPSA) is 18.5 Å². The fraction of sp³-hybridized carbons (Fsp3) is 0.300. The van der Waals surface area contributed by atoms with E-state index in [-0.39, 0.29) is 0 Å². The van der Waals surface area contributed by atoms with Crippen molar-refractivity contribution >= 4 is 8.32 Å². The Bertz CT molecular complexity index is 261. The molecule has 0 spiro atoms. The molecule has 1 aromatic rings. The molecule has 0 heterocycles. The normalized spacial score (nSPS) is 11.1. The molecule has 0 aliphatic rings. The van der Waals surface area contributed by atoms with Gasteiger partial charge in [-0.05, 0) is 43.9 Å². The average molecular weight is 195 g/mol. The Kier molecular flexibility index (Phi) is 2.98. The highest BCUT2D eigenvalue weighted by Gasteiger charge is 2.15. The lowest BCUT2D eigenvalue weighted by Gasteiger charge is -2.18. The van der Waals surface area contributed by atoms with Crippen molar-refractivity contribution < 1.29 is 9.16 Å². The van der Waals surface area contributed by atoms with E-state index < -0.39 is 8.32 Å². The molecule has 13 heavy (non-hydrogen) atoms. The van der Waals surface area contributed by atoms with Crippen molar-refractivity contribution in [2.24, 2.45) is 0 Å². The number of hydrogen-bond acceptors (Lipinski definition) is 2. The lowest BCUT2D eigenvalue weighted by molar-refractivity contribution is 0.471. The van der Waals surface area contributed by atoms with Crippen LogP contribution in [0.2, 0.25) is 19.6 Å². The molecule has 1 aromatic carbocycles. The zero-order chi connectivity index (χ0) is 9.90. The van der Waals surface area contributed by atoms with Crippen molar-refractivity contribution in [3.05, 3.63) is 31.4 Å². The van der Waals surface area contributed by atoms with Gasteiger partial charge in [-0.25, -0.2) is 0 Å². The summed E-state index contributed by atoms with van der Waals surface area (Å²) < 4.78 is 10.6. The van der Waals surface area contributed by atoms with Gasteiger partial charge in [-0.15, -0.1) is 0 Å². The molecule has 0 aliphatic heterocycles. The van der Waals surface area contributed by atoms with Gasteiger partial charge in [0.05, 0.1) is 0 Å². The second-order valence-corrected chi connectivity index (χ2v) is 8.26. The fourth-order valence-corrected chi connectivity index (χ4v) is 1.80. The molecule has 0 N–H and O–H groups in total. The number of rotatable bonds is 3. The molecule has 0 aromatic heterocycles. The van der Waals surface area contributed by atoms with Gasteiger partial charge in [-0.3, -0.25) is 0 Å².